The summed E-state index contributed by atoms with van der Waals surface area (Å²) in [6.45, 7) is 0.179. The van der Waals surface area contributed by atoms with Crippen LogP contribution in [0.25, 0.3) is 0 Å². The highest BCUT2D eigenvalue weighted by atomic mass is 35.5. The predicted molar refractivity (Wildman–Crippen MR) is 80.2 cm³/mol. The van der Waals surface area contributed by atoms with Crippen LogP contribution in [0.3, 0.4) is 0 Å². The summed E-state index contributed by atoms with van der Waals surface area (Å²) >= 11 is 6.97. The molecule has 0 fully saturated rings. The lowest BCUT2D eigenvalue weighted by atomic mass is 10.3. The second-order valence-corrected chi connectivity index (χ2v) is 7.20. The number of nitrogens with zero attached hydrogens (tertiary/aromatic N) is 1. The molecule has 9 heteroatoms. The largest absolute Gasteiger partial charge is 0.486 e. The van der Waals surface area contributed by atoms with Crippen molar-refractivity contribution in [1.82, 2.24) is 9.71 Å². The molecule has 1 aromatic heterocycles. The van der Waals surface area contributed by atoms with E-state index in [1.54, 1.807) is 24.3 Å². The first-order valence-corrected chi connectivity index (χ1v) is 8.83. The molecule has 0 unspecified atom stereocenters. The lowest BCUT2D eigenvalue weighted by Gasteiger charge is -2.03. The molecule has 0 aliphatic carbocycles. The first-order chi connectivity index (χ1) is 9.83. The molecule has 0 aliphatic rings. The van der Waals surface area contributed by atoms with Crippen LogP contribution in [0, 0.1) is 0 Å². The monoisotopic (exact) mass is 346 g/mol. The Balaban J connectivity index is 1.97. The Morgan fingerprint density at radius 2 is 2.05 bits per heavy atom. The zero-order chi connectivity index (χ0) is 15.5. The van der Waals surface area contributed by atoms with Gasteiger partial charge in [-0.2, -0.15) is 0 Å². The first-order valence-electron chi connectivity index (χ1n) is 5.68. The van der Waals surface area contributed by atoms with E-state index < -0.39 is 15.9 Å². The van der Waals surface area contributed by atoms with Gasteiger partial charge in [0.25, 0.3) is 5.91 Å². The average molecular weight is 347 g/mol. The van der Waals surface area contributed by atoms with Gasteiger partial charge in [-0.1, -0.05) is 11.6 Å². The number of halogens is 1. The van der Waals surface area contributed by atoms with Gasteiger partial charge in [-0.15, -0.1) is 11.3 Å². The third kappa shape index (κ3) is 5.00. The molecule has 21 heavy (non-hydrogen) atoms. The quantitative estimate of drug-likeness (QED) is 0.895. The summed E-state index contributed by atoms with van der Waals surface area (Å²) in [4.78, 5) is 15.6. The molecule has 0 bridgehead atoms. The van der Waals surface area contributed by atoms with Crippen molar-refractivity contribution in [3.63, 3.8) is 0 Å². The molecule has 2 rings (SSSR count). The average Bonchev–Trinajstić information content (AvgIpc) is 2.85. The minimum Gasteiger partial charge on any atom is -0.486 e. The molecule has 1 heterocycles. The predicted octanol–water partition coefficient (Wildman–Crippen LogP) is 2.06. The van der Waals surface area contributed by atoms with Gasteiger partial charge in [-0.25, -0.2) is 18.1 Å². The molecule has 2 aromatic rings. The standard InChI is InChI=1S/C12H11ClN2O4S2/c1-21(17,18)15-12(16)10-7-20-11(14-10)6-19-9-4-2-8(13)3-5-9/h2-5,7H,6H2,1H3,(H,15,16). The third-order valence-electron chi connectivity index (χ3n) is 2.24. The minimum atomic E-state index is -3.60. The van der Waals surface area contributed by atoms with Crippen LogP contribution in [0.1, 0.15) is 15.5 Å². The minimum absolute atomic E-state index is 0.0418. The van der Waals surface area contributed by atoms with E-state index in [4.69, 9.17) is 16.3 Å². The molecule has 0 aliphatic heterocycles. The summed E-state index contributed by atoms with van der Waals surface area (Å²) in [6, 6.07) is 6.83. The number of sulfonamides is 1. The Morgan fingerprint density at radius 3 is 2.67 bits per heavy atom. The third-order valence-corrected chi connectivity index (χ3v) is 3.87. The maximum Gasteiger partial charge on any atom is 0.284 e. The fraction of sp³-hybridized carbons (Fsp3) is 0.167. The first kappa shape index (κ1) is 15.7. The summed E-state index contributed by atoms with van der Waals surface area (Å²) in [7, 11) is -3.60. The number of benzene rings is 1. The van der Waals surface area contributed by atoms with Gasteiger partial charge in [-0.05, 0) is 24.3 Å². The summed E-state index contributed by atoms with van der Waals surface area (Å²) in [6.07, 6.45) is 0.905. The topological polar surface area (TPSA) is 85.4 Å². The second kappa shape index (κ2) is 6.42. The number of rotatable bonds is 5. The Labute approximate surface area is 130 Å². The van der Waals surface area contributed by atoms with Crippen LogP contribution in [0.2, 0.25) is 5.02 Å². The molecular weight excluding hydrogens is 336 g/mol. The second-order valence-electron chi connectivity index (χ2n) is 4.07. The molecule has 1 aromatic carbocycles. The maximum atomic E-state index is 11.6. The number of aromatic nitrogens is 1. The fourth-order valence-electron chi connectivity index (χ4n) is 1.38. The van der Waals surface area contributed by atoms with Crippen LogP contribution in [0.4, 0.5) is 0 Å². The Kier molecular flexibility index (Phi) is 4.81. The lowest BCUT2D eigenvalue weighted by Crippen LogP contribution is -2.29. The van der Waals surface area contributed by atoms with Crippen LogP contribution >= 0.6 is 22.9 Å². The zero-order valence-electron chi connectivity index (χ0n) is 10.9. The van der Waals surface area contributed by atoms with E-state index in [1.807, 2.05) is 4.72 Å². The maximum absolute atomic E-state index is 11.6. The van der Waals surface area contributed by atoms with E-state index in [0.29, 0.717) is 15.8 Å². The summed E-state index contributed by atoms with van der Waals surface area (Å²) in [5.41, 5.74) is 0.0418. The molecule has 1 amide bonds. The Hall–Kier alpha value is -1.64. The molecule has 0 saturated heterocycles. The Bertz CT molecular complexity index is 741. The van der Waals surface area contributed by atoms with Gasteiger partial charge < -0.3 is 4.74 Å². The number of amides is 1. The van der Waals surface area contributed by atoms with E-state index in [2.05, 4.69) is 4.98 Å². The van der Waals surface area contributed by atoms with Crippen molar-refractivity contribution >= 4 is 38.9 Å². The number of thiazole rings is 1. The number of nitrogens with one attached hydrogen (secondary N) is 1. The highest BCUT2D eigenvalue weighted by Crippen LogP contribution is 2.18. The van der Waals surface area contributed by atoms with Crippen molar-refractivity contribution in [2.24, 2.45) is 0 Å². The van der Waals surface area contributed by atoms with Gasteiger partial charge in [0, 0.05) is 10.4 Å². The molecule has 0 spiro atoms. The molecule has 1 N–H and O–H groups in total. The fourth-order valence-corrected chi connectivity index (χ4v) is 2.63. The van der Waals surface area contributed by atoms with E-state index in [-0.39, 0.29) is 12.3 Å². The van der Waals surface area contributed by atoms with Crippen LogP contribution in [-0.4, -0.2) is 25.6 Å². The number of hydrogen-bond acceptors (Lipinski definition) is 6. The van der Waals surface area contributed by atoms with Gasteiger partial charge in [-0.3, -0.25) is 4.79 Å². The van der Waals surface area contributed by atoms with E-state index in [9.17, 15) is 13.2 Å². The number of ether oxygens (including phenoxy) is 1. The van der Waals surface area contributed by atoms with Crippen LogP contribution in [-0.2, 0) is 16.6 Å². The van der Waals surface area contributed by atoms with Gasteiger partial charge in [0.2, 0.25) is 10.0 Å². The molecule has 112 valence electrons. The van der Waals surface area contributed by atoms with Gasteiger partial charge in [0.1, 0.15) is 23.1 Å². The number of carbonyl (C=O) groups excluding carboxylic acids is 1. The van der Waals surface area contributed by atoms with E-state index in [1.165, 1.54) is 16.7 Å². The van der Waals surface area contributed by atoms with Crippen molar-refractivity contribution in [3.05, 3.63) is 45.4 Å². The summed E-state index contributed by atoms with van der Waals surface area (Å²) in [5.74, 6) is -0.136. The lowest BCUT2D eigenvalue weighted by molar-refractivity contribution is 0.0977. The van der Waals surface area contributed by atoms with Crippen LogP contribution < -0.4 is 9.46 Å². The van der Waals surface area contributed by atoms with E-state index in [0.717, 1.165) is 6.26 Å². The SMILES string of the molecule is CS(=O)(=O)NC(=O)c1csc(COc2ccc(Cl)cc2)n1. The van der Waals surface area contributed by atoms with E-state index >= 15 is 0 Å². The Morgan fingerprint density at radius 1 is 1.38 bits per heavy atom. The molecular formula is C12H11ClN2O4S2. The van der Waals surface area contributed by atoms with Gasteiger partial charge in [0.05, 0.1) is 6.26 Å². The normalized spacial score (nSPS) is 11.1. The molecule has 0 atom stereocenters. The van der Waals surface area contributed by atoms with Crippen molar-refractivity contribution in [3.8, 4) is 5.75 Å². The van der Waals surface area contributed by atoms with Crippen molar-refractivity contribution in [2.75, 3.05) is 6.26 Å². The summed E-state index contributed by atoms with van der Waals surface area (Å²) in [5, 5.41) is 2.64. The molecule has 0 saturated carbocycles. The number of carbonyl (C=O) groups is 1. The smallest absolute Gasteiger partial charge is 0.284 e. The van der Waals surface area contributed by atoms with Gasteiger partial charge in [0.15, 0.2) is 0 Å². The zero-order valence-corrected chi connectivity index (χ0v) is 13.3. The highest BCUT2D eigenvalue weighted by molar-refractivity contribution is 7.89. The van der Waals surface area contributed by atoms with Crippen molar-refractivity contribution < 1.29 is 17.9 Å². The van der Waals surface area contributed by atoms with Crippen LogP contribution in [0.5, 0.6) is 5.75 Å². The summed E-state index contributed by atoms with van der Waals surface area (Å²) < 4.78 is 29.3. The van der Waals surface area contributed by atoms with Crippen molar-refractivity contribution in [2.45, 2.75) is 6.61 Å². The highest BCUT2D eigenvalue weighted by Gasteiger charge is 2.14. The molecule has 6 nitrogen and oxygen atoms in total. The van der Waals surface area contributed by atoms with Gasteiger partial charge >= 0.3 is 0 Å². The number of hydrogen-bond donors (Lipinski definition) is 1. The van der Waals surface area contributed by atoms with Crippen molar-refractivity contribution in [1.29, 1.82) is 0 Å². The molecule has 0 radical (unpaired) electrons. The van der Waals surface area contributed by atoms with Crippen LogP contribution in [0.15, 0.2) is 29.6 Å².